The molecule has 1 aliphatic rings. The van der Waals surface area contributed by atoms with Crippen LogP contribution in [0.3, 0.4) is 0 Å². The number of nitrogens with one attached hydrogen (secondary N) is 2. The number of hydrogen-bond donors (Lipinski definition) is 3. The summed E-state index contributed by atoms with van der Waals surface area (Å²) in [6.07, 6.45) is 4.47. The number of carbonyl (C=O) groups excluding carboxylic acids is 1. The molecule has 21 heavy (non-hydrogen) atoms. The van der Waals surface area contributed by atoms with Crippen molar-refractivity contribution >= 4 is 23.3 Å². The normalized spacial score (nSPS) is 15.9. The molecular formula is C15H22ClN3O2. The molecule has 1 aliphatic carbocycles. The molecular weight excluding hydrogens is 290 g/mol. The predicted molar refractivity (Wildman–Crippen MR) is 83.7 cm³/mol. The Bertz CT molecular complexity index is 504. The summed E-state index contributed by atoms with van der Waals surface area (Å²) in [6, 6.07) is 1.86. The van der Waals surface area contributed by atoms with Gasteiger partial charge in [0, 0.05) is 12.2 Å². The second kappa shape index (κ2) is 7.09. The molecule has 0 saturated heterocycles. The van der Waals surface area contributed by atoms with Crippen LogP contribution in [0, 0.1) is 5.92 Å². The molecule has 116 valence electrons. The number of halogens is 1. The Balaban J connectivity index is 2.05. The van der Waals surface area contributed by atoms with Crippen molar-refractivity contribution in [2.45, 2.75) is 45.2 Å². The van der Waals surface area contributed by atoms with E-state index in [2.05, 4.69) is 15.6 Å². The molecule has 6 heteroatoms. The van der Waals surface area contributed by atoms with Crippen molar-refractivity contribution in [1.29, 1.82) is 0 Å². The van der Waals surface area contributed by atoms with E-state index in [-0.39, 0.29) is 18.6 Å². The minimum absolute atomic E-state index is 0.0835. The van der Waals surface area contributed by atoms with Crippen molar-refractivity contribution in [1.82, 2.24) is 10.3 Å². The highest BCUT2D eigenvalue weighted by atomic mass is 35.5. The molecule has 1 amide bonds. The monoisotopic (exact) mass is 311 g/mol. The fourth-order valence-electron chi connectivity index (χ4n) is 2.14. The van der Waals surface area contributed by atoms with Gasteiger partial charge in [-0.2, -0.15) is 0 Å². The van der Waals surface area contributed by atoms with Gasteiger partial charge in [-0.15, -0.1) is 0 Å². The lowest BCUT2D eigenvalue weighted by atomic mass is 10.0. The third-order valence-corrected chi connectivity index (χ3v) is 3.64. The van der Waals surface area contributed by atoms with Crippen LogP contribution in [0.15, 0.2) is 12.3 Å². The van der Waals surface area contributed by atoms with Crippen LogP contribution in [0.2, 0.25) is 5.02 Å². The van der Waals surface area contributed by atoms with Gasteiger partial charge in [0.1, 0.15) is 5.82 Å². The van der Waals surface area contributed by atoms with Gasteiger partial charge in [0.25, 0.3) is 5.91 Å². The lowest BCUT2D eigenvalue weighted by molar-refractivity contribution is 0.0908. The molecule has 3 N–H and O–H groups in total. The number of pyridine rings is 1. The number of nitrogens with zero attached hydrogens (tertiary/aromatic N) is 1. The van der Waals surface area contributed by atoms with Crippen LogP contribution >= 0.6 is 11.6 Å². The van der Waals surface area contributed by atoms with Gasteiger partial charge in [0.05, 0.1) is 23.2 Å². The average molecular weight is 312 g/mol. The fourth-order valence-corrected chi connectivity index (χ4v) is 2.33. The van der Waals surface area contributed by atoms with E-state index in [1.54, 1.807) is 6.07 Å². The number of anilines is 1. The standard InChI is InChI=1S/C15H22ClN3O2/c1-9(2)5-11(8-20)19-15(21)12-6-14(17-7-13(12)16)18-10-3-4-10/h6-7,9-11,20H,3-5,8H2,1-2H3,(H,17,18)(H,19,21). The first-order valence-corrected chi connectivity index (χ1v) is 7.71. The van der Waals surface area contributed by atoms with Crippen LogP contribution in [0.4, 0.5) is 5.82 Å². The van der Waals surface area contributed by atoms with Gasteiger partial charge in [-0.05, 0) is 31.2 Å². The van der Waals surface area contributed by atoms with E-state index in [0.29, 0.717) is 28.4 Å². The molecule has 1 heterocycles. The van der Waals surface area contributed by atoms with E-state index < -0.39 is 0 Å². The number of hydrogen-bond acceptors (Lipinski definition) is 4. The zero-order valence-electron chi connectivity index (χ0n) is 12.4. The number of aromatic nitrogens is 1. The Hall–Kier alpha value is -1.33. The minimum atomic E-state index is -0.277. The van der Waals surface area contributed by atoms with Crippen molar-refractivity contribution in [3.8, 4) is 0 Å². The summed E-state index contributed by atoms with van der Waals surface area (Å²) in [7, 11) is 0. The van der Waals surface area contributed by atoms with Crippen LogP contribution < -0.4 is 10.6 Å². The van der Waals surface area contributed by atoms with E-state index in [9.17, 15) is 9.90 Å². The van der Waals surface area contributed by atoms with Gasteiger partial charge in [-0.1, -0.05) is 25.4 Å². The number of aliphatic hydroxyl groups is 1. The quantitative estimate of drug-likeness (QED) is 0.723. The molecule has 1 aromatic rings. The maximum absolute atomic E-state index is 12.3. The Morgan fingerprint density at radius 2 is 2.24 bits per heavy atom. The fraction of sp³-hybridized carbons (Fsp3) is 0.600. The Morgan fingerprint density at radius 3 is 2.81 bits per heavy atom. The van der Waals surface area contributed by atoms with Crippen LogP contribution in [-0.4, -0.2) is 34.7 Å². The highest BCUT2D eigenvalue weighted by molar-refractivity contribution is 6.33. The molecule has 0 spiro atoms. The number of rotatable bonds is 7. The highest BCUT2D eigenvalue weighted by Gasteiger charge is 2.23. The second-order valence-corrected chi connectivity index (χ2v) is 6.36. The number of aliphatic hydroxyl groups excluding tert-OH is 1. The summed E-state index contributed by atoms with van der Waals surface area (Å²) in [5.41, 5.74) is 0.386. The van der Waals surface area contributed by atoms with Gasteiger partial charge in [-0.25, -0.2) is 4.98 Å². The zero-order valence-corrected chi connectivity index (χ0v) is 13.2. The van der Waals surface area contributed by atoms with E-state index in [1.807, 2.05) is 13.8 Å². The van der Waals surface area contributed by atoms with Crippen molar-refractivity contribution in [2.24, 2.45) is 5.92 Å². The summed E-state index contributed by atoms with van der Waals surface area (Å²) in [6.45, 7) is 4.01. The lowest BCUT2D eigenvalue weighted by Gasteiger charge is -2.18. The smallest absolute Gasteiger partial charge is 0.253 e. The zero-order chi connectivity index (χ0) is 15.4. The summed E-state index contributed by atoms with van der Waals surface area (Å²) >= 11 is 6.06. The first-order valence-electron chi connectivity index (χ1n) is 7.33. The van der Waals surface area contributed by atoms with E-state index in [4.69, 9.17) is 11.6 Å². The Morgan fingerprint density at radius 1 is 1.52 bits per heavy atom. The van der Waals surface area contributed by atoms with E-state index >= 15 is 0 Å². The molecule has 5 nitrogen and oxygen atoms in total. The predicted octanol–water partition coefficient (Wildman–Crippen LogP) is 2.45. The highest BCUT2D eigenvalue weighted by Crippen LogP contribution is 2.25. The Kier molecular flexibility index (Phi) is 5.42. The van der Waals surface area contributed by atoms with E-state index in [1.165, 1.54) is 6.20 Å². The van der Waals surface area contributed by atoms with Crippen molar-refractivity contribution in [3.05, 3.63) is 22.8 Å². The molecule has 2 rings (SSSR count). The van der Waals surface area contributed by atoms with Gasteiger partial charge >= 0.3 is 0 Å². The summed E-state index contributed by atoms with van der Waals surface area (Å²) in [4.78, 5) is 16.5. The van der Waals surface area contributed by atoms with Crippen LogP contribution in [-0.2, 0) is 0 Å². The summed E-state index contributed by atoms with van der Waals surface area (Å²) in [5, 5.41) is 15.7. The van der Waals surface area contributed by atoms with Crippen molar-refractivity contribution in [2.75, 3.05) is 11.9 Å². The number of carbonyl (C=O) groups is 1. The topological polar surface area (TPSA) is 74.2 Å². The first-order chi connectivity index (χ1) is 9.99. The summed E-state index contributed by atoms with van der Waals surface area (Å²) < 4.78 is 0. The summed E-state index contributed by atoms with van der Waals surface area (Å²) in [5.74, 6) is 0.778. The first kappa shape index (κ1) is 16.0. The maximum Gasteiger partial charge on any atom is 0.253 e. The molecule has 0 aliphatic heterocycles. The molecule has 0 radical (unpaired) electrons. The molecule has 1 aromatic heterocycles. The lowest BCUT2D eigenvalue weighted by Crippen LogP contribution is -2.38. The van der Waals surface area contributed by atoms with Gasteiger partial charge in [0.2, 0.25) is 0 Å². The van der Waals surface area contributed by atoms with Crippen LogP contribution in [0.1, 0.15) is 43.5 Å². The Labute approximate surface area is 130 Å². The van der Waals surface area contributed by atoms with Gasteiger partial charge < -0.3 is 15.7 Å². The molecule has 1 fully saturated rings. The second-order valence-electron chi connectivity index (χ2n) is 5.95. The number of amides is 1. The van der Waals surface area contributed by atoms with Gasteiger partial charge in [-0.3, -0.25) is 4.79 Å². The molecule has 0 bridgehead atoms. The van der Waals surface area contributed by atoms with E-state index in [0.717, 1.165) is 19.3 Å². The molecule has 1 saturated carbocycles. The third-order valence-electron chi connectivity index (χ3n) is 3.34. The molecule has 1 atom stereocenters. The van der Waals surface area contributed by atoms with Crippen molar-refractivity contribution in [3.63, 3.8) is 0 Å². The average Bonchev–Trinajstić information content (AvgIpc) is 3.23. The largest absolute Gasteiger partial charge is 0.394 e. The minimum Gasteiger partial charge on any atom is -0.394 e. The van der Waals surface area contributed by atoms with Crippen LogP contribution in [0.25, 0.3) is 0 Å². The third kappa shape index (κ3) is 4.86. The van der Waals surface area contributed by atoms with Crippen molar-refractivity contribution < 1.29 is 9.90 Å². The molecule has 1 unspecified atom stereocenters. The van der Waals surface area contributed by atoms with Gasteiger partial charge in [0.15, 0.2) is 0 Å². The maximum atomic E-state index is 12.3. The SMILES string of the molecule is CC(C)CC(CO)NC(=O)c1cc(NC2CC2)ncc1Cl. The van der Waals surface area contributed by atoms with Crippen LogP contribution in [0.5, 0.6) is 0 Å². The molecule has 0 aromatic carbocycles.